The Hall–Kier alpha value is -0.730. The van der Waals surface area contributed by atoms with Crippen LogP contribution in [0.3, 0.4) is 0 Å². The van der Waals surface area contributed by atoms with Gasteiger partial charge in [0.1, 0.15) is 5.01 Å². The fourth-order valence-corrected chi connectivity index (χ4v) is 3.22. The molecule has 3 N–H and O–H groups in total. The summed E-state index contributed by atoms with van der Waals surface area (Å²) >= 11 is 2.81. The van der Waals surface area contributed by atoms with Crippen LogP contribution in [0.2, 0.25) is 0 Å². The molecule has 5 nitrogen and oxygen atoms in total. The quantitative estimate of drug-likeness (QED) is 0.889. The molecule has 20 heavy (non-hydrogen) atoms. The molecule has 2 aromatic heterocycles. The smallest absolute Gasteiger partial charge is 0.267 e. The zero-order valence-electron chi connectivity index (χ0n) is 10.5. The zero-order chi connectivity index (χ0) is 12.7. The molecule has 2 aromatic rings. The highest BCUT2D eigenvalue weighted by Crippen LogP contribution is 2.40. The van der Waals surface area contributed by atoms with E-state index in [9.17, 15) is 4.79 Å². The molecule has 3 rings (SSSR count). The number of nitrogens with one attached hydrogen (secondary N) is 1. The third kappa shape index (κ3) is 3.67. The van der Waals surface area contributed by atoms with E-state index in [1.54, 1.807) is 0 Å². The first kappa shape index (κ1) is 17.3. The van der Waals surface area contributed by atoms with Gasteiger partial charge in [-0.3, -0.25) is 10.1 Å². The number of carbonyl (C=O) groups is 1. The second kappa shape index (κ2) is 6.82. The minimum Gasteiger partial charge on any atom is -0.327 e. The number of anilines is 1. The summed E-state index contributed by atoms with van der Waals surface area (Å²) in [5, 5.41) is 13.9. The minimum absolute atomic E-state index is 0. The summed E-state index contributed by atoms with van der Waals surface area (Å²) in [4.78, 5) is 12.7. The van der Waals surface area contributed by atoms with E-state index in [0.29, 0.717) is 15.9 Å². The maximum Gasteiger partial charge on any atom is 0.267 e. The van der Waals surface area contributed by atoms with Crippen LogP contribution in [0.25, 0.3) is 0 Å². The lowest BCUT2D eigenvalue weighted by Gasteiger charge is -1.96. The normalized spacial score (nSPS) is 19.7. The van der Waals surface area contributed by atoms with Crippen LogP contribution in [0.15, 0.2) is 11.4 Å². The van der Waals surface area contributed by atoms with Crippen molar-refractivity contribution >= 4 is 58.5 Å². The van der Waals surface area contributed by atoms with Gasteiger partial charge in [-0.2, -0.15) is 0 Å². The third-order valence-corrected chi connectivity index (χ3v) is 4.56. The van der Waals surface area contributed by atoms with Gasteiger partial charge in [-0.1, -0.05) is 11.3 Å². The van der Waals surface area contributed by atoms with E-state index in [1.807, 2.05) is 18.4 Å². The molecular weight excluding hydrogens is 339 g/mol. The van der Waals surface area contributed by atoms with Crippen LogP contribution < -0.4 is 11.1 Å². The van der Waals surface area contributed by atoms with E-state index in [-0.39, 0.29) is 36.8 Å². The van der Waals surface area contributed by atoms with Crippen molar-refractivity contribution in [3.63, 3.8) is 0 Å². The average Bonchev–Trinajstić information content (AvgIpc) is 2.79. The van der Waals surface area contributed by atoms with Gasteiger partial charge in [0.25, 0.3) is 5.91 Å². The van der Waals surface area contributed by atoms with Gasteiger partial charge in [0.15, 0.2) is 0 Å². The number of hydrogen-bond acceptors (Lipinski definition) is 6. The summed E-state index contributed by atoms with van der Waals surface area (Å²) in [6.07, 6.45) is 1.02. The molecule has 1 fully saturated rings. The average molecular weight is 353 g/mol. The van der Waals surface area contributed by atoms with Gasteiger partial charge in [0, 0.05) is 12.0 Å². The number of rotatable bonds is 3. The lowest BCUT2D eigenvalue weighted by molar-refractivity contribution is 0.103. The molecule has 0 spiro atoms. The second-order valence-corrected chi connectivity index (χ2v) is 6.42. The number of nitrogens with zero attached hydrogens (tertiary/aromatic N) is 2. The Labute approximate surface area is 136 Å². The Morgan fingerprint density at radius 1 is 1.45 bits per heavy atom. The lowest BCUT2D eigenvalue weighted by atomic mass is 10.2. The van der Waals surface area contributed by atoms with Crippen molar-refractivity contribution in [1.29, 1.82) is 0 Å². The van der Waals surface area contributed by atoms with Gasteiger partial charge >= 0.3 is 0 Å². The molecule has 1 aliphatic rings. The highest BCUT2D eigenvalue weighted by Gasteiger charge is 2.35. The molecule has 0 saturated heterocycles. The maximum absolute atomic E-state index is 12.0. The Morgan fingerprint density at radius 3 is 2.70 bits per heavy atom. The van der Waals surface area contributed by atoms with Crippen LogP contribution in [0, 0.1) is 6.92 Å². The van der Waals surface area contributed by atoms with Crippen LogP contribution in [-0.2, 0) is 0 Å². The van der Waals surface area contributed by atoms with E-state index in [2.05, 4.69) is 15.5 Å². The number of thiophene rings is 1. The van der Waals surface area contributed by atoms with E-state index in [0.717, 1.165) is 11.4 Å². The molecule has 1 aliphatic carbocycles. The predicted octanol–water partition coefficient (Wildman–Crippen LogP) is 2.82. The van der Waals surface area contributed by atoms with Crippen LogP contribution in [0.1, 0.15) is 32.6 Å². The summed E-state index contributed by atoms with van der Waals surface area (Å²) in [5.41, 5.74) is 6.97. The summed E-state index contributed by atoms with van der Waals surface area (Å²) in [5.74, 6) is 0.309. The lowest BCUT2D eigenvalue weighted by Crippen LogP contribution is -2.09. The molecule has 2 atom stereocenters. The Bertz CT molecular complexity index is 601. The summed E-state index contributed by atoms with van der Waals surface area (Å²) in [6.45, 7) is 1.85. The first-order chi connectivity index (χ1) is 8.63. The maximum atomic E-state index is 12.0. The number of carbonyl (C=O) groups excluding carboxylic acids is 1. The molecule has 0 radical (unpaired) electrons. The van der Waals surface area contributed by atoms with Crippen molar-refractivity contribution in [3.05, 3.63) is 26.9 Å². The van der Waals surface area contributed by atoms with Gasteiger partial charge in [-0.05, 0) is 30.4 Å². The number of halogens is 2. The standard InChI is InChI=1S/C11H12N4OS2.2ClH/c1-5-14-15-11(18-5)13-10(16)9-2-6(4-17-9)7-3-8(7)12;;/h2,4,7-8H,3,12H2,1H3,(H,13,15,16);2*1H/t7-,8+;;/m0../s1. The second-order valence-electron chi connectivity index (χ2n) is 4.33. The first-order valence-corrected chi connectivity index (χ1v) is 7.28. The van der Waals surface area contributed by atoms with E-state index in [4.69, 9.17) is 5.73 Å². The number of amides is 1. The van der Waals surface area contributed by atoms with Crippen molar-refractivity contribution in [2.75, 3.05) is 5.32 Å². The van der Waals surface area contributed by atoms with Crippen LogP contribution in [0.4, 0.5) is 5.13 Å². The van der Waals surface area contributed by atoms with Crippen molar-refractivity contribution in [2.24, 2.45) is 5.73 Å². The van der Waals surface area contributed by atoms with E-state index in [1.165, 1.54) is 28.2 Å². The van der Waals surface area contributed by atoms with Gasteiger partial charge in [-0.15, -0.1) is 46.3 Å². The van der Waals surface area contributed by atoms with Crippen molar-refractivity contribution < 1.29 is 4.79 Å². The number of aryl methyl sites for hydroxylation is 1. The predicted molar refractivity (Wildman–Crippen MR) is 86.7 cm³/mol. The Balaban J connectivity index is 0.000001000. The third-order valence-electron chi connectivity index (χ3n) is 2.86. The van der Waals surface area contributed by atoms with Crippen molar-refractivity contribution in [2.45, 2.75) is 25.3 Å². The summed E-state index contributed by atoms with van der Waals surface area (Å²) in [6, 6.07) is 2.19. The SMILES string of the molecule is Cc1nnc(NC(=O)c2cc([C@@H]3C[C@H]3N)cs2)s1.Cl.Cl. The van der Waals surface area contributed by atoms with Gasteiger partial charge in [-0.25, -0.2) is 0 Å². The molecule has 1 amide bonds. The van der Waals surface area contributed by atoms with Crippen LogP contribution in [0.5, 0.6) is 0 Å². The van der Waals surface area contributed by atoms with Crippen molar-refractivity contribution in [3.8, 4) is 0 Å². The van der Waals surface area contributed by atoms with Crippen LogP contribution in [-0.4, -0.2) is 22.1 Å². The molecule has 2 heterocycles. The molecule has 9 heteroatoms. The molecular formula is C11H14Cl2N4OS2. The van der Waals surface area contributed by atoms with Gasteiger partial charge < -0.3 is 5.73 Å². The Kier molecular flexibility index (Phi) is 5.91. The molecule has 1 saturated carbocycles. The molecule has 0 unspecified atom stereocenters. The fourth-order valence-electron chi connectivity index (χ4n) is 1.77. The minimum atomic E-state index is -0.128. The van der Waals surface area contributed by atoms with Crippen molar-refractivity contribution in [1.82, 2.24) is 10.2 Å². The summed E-state index contributed by atoms with van der Waals surface area (Å²) in [7, 11) is 0. The van der Waals surface area contributed by atoms with Crippen LogP contribution >= 0.6 is 47.5 Å². The van der Waals surface area contributed by atoms with Gasteiger partial charge in [0.2, 0.25) is 5.13 Å². The molecule has 110 valence electrons. The number of nitrogens with two attached hydrogens (primary N) is 1. The van der Waals surface area contributed by atoms with E-state index < -0.39 is 0 Å². The highest BCUT2D eigenvalue weighted by atomic mass is 35.5. The first-order valence-electron chi connectivity index (χ1n) is 5.59. The number of aromatic nitrogens is 2. The molecule has 0 aliphatic heterocycles. The molecule has 0 bridgehead atoms. The number of hydrogen-bond donors (Lipinski definition) is 2. The summed E-state index contributed by atoms with van der Waals surface area (Å²) < 4.78 is 0. The Morgan fingerprint density at radius 2 is 2.15 bits per heavy atom. The molecule has 0 aromatic carbocycles. The topological polar surface area (TPSA) is 80.9 Å². The zero-order valence-corrected chi connectivity index (χ0v) is 13.8. The monoisotopic (exact) mass is 352 g/mol. The largest absolute Gasteiger partial charge is 0.327 e. The fraction of sp³-hybridized carbons (Fsp3) is 0.364. The van der Waals surface area contributed by atoms with Gasteiger partial charge in [0.05, 0.1) is 4.88 Å². The van der Waals surface area contributed by atoms with E-state index >= 15 is 0 Å². The highest BCUT2D eigenvalue weighted by molar-refractivity contribution is 7.15.